The van der Waals surface area contributed by atoms with Gasteiger partial charge in [0.05, 0.1) is 26.2 Å². The molecular formula is C76H156NS4+. The standard InChI is InChI=1S/C76H156NS4/c1-5-9-13-17-21-25-29-33-37-41-45-49-53-57-69-78-73-61-65-77(66-62-74-79-70-58-54-50-46-42-38-34-30-26-22-18-14-10-6-2,67-63-75-80-71-59-55-51-47-43-39-35-31-27-23-19-15-11-7-3)68-64-76-81-72-60-56-52-48-44-40-36-32-28-24-20-16-12-8-4/h5-76H2,1-4H3/q+1. The van der Waals surface area contributed by atoms with Crippen LogP contribution in [0.4, 0.5) is 0 Å². The Morgan fingerprint density at radius 2 is 0.247 bits per heavy atom. The molecule has 0 atom stereocenters. The molecule has 1 nitrogen and oxygen atoms in total. The Balaban J connectivity index is 4.98. The van der Waals surface area contributed by atoms with Crippen LogP contribution in [0.5, 0.6) is 0 Å². The van der Waals surface area contributed by atoms with E-state index in [-0.39, 0.29) is 0 Å². The van der Waals surface area contributed by atoms with Gasteiger partial charge in [-0.1, -0.05) is 362 Å². The van der Waals surface area contributed by atoms with Crippen molar-refractivity contribution < 1.29 is 4.48 Å². The average Bonchev–Trinajstić information content (AvgIpc) is 3.47. The SMILES string of the molecule is CCCCCCCCCCCCCCCCSCCC[N+](CCCSCCCCCCCCCCCCCCCC)(CCCSCCCCCCCCCCCCCCCC)CCCSCCCCCCCCCCCCCCCC. The molecule has 0 aromatic heterocycles. The van der Waals surface area contributed by atoms with Gasteiger partial charge in [0.15, 0.2) is 0 Å². The lowest BCUT2D eigenvalue weighted by Crippen LogP contribution is -2.51. The molecule has 0 amide bonds. The van der Waals surface area contributed by atoms with E-state index in [0.29, 0.717) is 0 Å². The Morgan fingerprint density at radius 3 is 0.383 bits per heavy atom. The van der Waals surface area contributed by atoms with E-state index in [9.17, 15) is 0 Å². The summed E-state index contributed by atoms with van der Waals surface area (Å²) in [4.78, 5) is 0. The van der Waals surface area contributed by atoms with Crippen LogP contribution in [0.3, 0.4) is 0 Å². The molecule has 0 bridgehead atoms. The van der Waals surface area contributed by atoms with Gasteiger partial charge in [0.1, 0.15) is 0 Å². The maximum absolute atomic E-state index is 2.33. The van der Waals surface area contributed by atoms with Gasteiger partial charge in [-0.2, -0.15) is 47.0 Å². The van der Waals surface area contributed by atoms with E-state index in [1.165, 1.54) is 462 Å². The van der Waals surface area contributed by atoms with Crippen molar-refractivity contribution in [2.24, 2.45) is 0 Å². The van der Waals surface area contributed by atoms with Gasteiger partial charge in [0.2, 0.25) is 0 Å². The van der Waals surface area contributed by atoms with Gasteiger partial charge >= 0.3 is 0 Å². The van der Waals surface area contributed by atoms with Crippen LogP contribution < -0.4 is 0 Å². The molecule has 5 heteroatoms. The first kappa shape index (κ1) is 82.4. The molecule has 0 N–H and O–H groups in total. The lowest BCUT2D eigenvalue weighted by molar-refractivity contribution is -0.928. The summed E-state index contributed by atoms with van der Waals surface area (Å²) in [5.41, 5.74) is 0. The zero-order valence-corrected chi connectivity index (χ0v) is 60.3. The van der Waals surface area contributed by atoms with Crippen molar-refractivity contribution >= 4 is 47.0 Å². The molecule has 0 aliphatic rings. The predicted molar refractivity (Wildman–Crippen MR) is 389 cm³/mol. The molecule has 0 fully saturated rings. The minimum absolute atomic E-state index is 1.37. The molecule has 0 saturated heterocycles. The van der Waals surface area contributed by atoms with Crippen LogP contribution in [0.25, 0.3) is 0 Å². The van der Waals surface area contributed by atoms with Gasteiger partial charge in [-0.15, -0.1) is 0 Å². The third kappa shape index (κ3) is 70.3. The molecule has 0 unspecified atom stereocenters. The van der Waals surface area contributed by atoms with Crippen LogP contribution in [0.2, 0.25) is 0 Å². The summed E-state index contributed by atoms with van der Waals surface area (Å²) >= 11 is 9.24. The molecule has 0 aromatic rings. The van der Waals surface area contributed by atoms with Crippen LogP contribution in [-0.4, -0.2) is 76.7 Å². The van der Waals surface area contributed by atoms with Crippen molar-refractivity contribution in [2.75, 3.05) is 72.2 Å². The monoisotopic (exact) mass is 1210 g/mol. The minimum Gasteiger partial charge on any atom is -0.324 e. The minimum atomic E-state index is 1.37. The Morgan fingerprint density at radius 1 is 0.136 bits per heavy atom. The van der Waals surface area contributed by atoms with E-state index < -0.39 is 0 Å². The van der Waals surface area contributed by atoms with E-state index >= 15 is 0 Å². The number of thioether (sulfide) groups is 4. The first-order chi connectivity index (χ1) is 40.2. The maximum Gasteiger partial charge on any atom is 0.0794 e. The smallest absolute Gasteiger partial charge is 0.0794 e. The Bertz CT molecular complexity index is 906. The third-order valence-electron chi connectivity index (χ3n) is 18.3. The highest BCUT2D eigenvalue weighted by atomic mass is 32.2. The summed E-state index contributed by atoms with van der Waals surface area (Å²) in [5, 5.41) is 0. The largest absolute Gasteiger partial charge is 0.324 e. The quantitative estimate of drug-likeness (QED) is 0.0439. The predicted octanol–water partition coefficient (Wildman–Crippen LogP) is 28.2. The number of nitrogens with zero attached hydrogens (tertiary/aromatic N) is 1. The van der Waals surface area contributed by atoms with Crippen LogP contribution in [0.1, 0.15) is 413 Å². The van der Waals surface area contributed by atoms with Gasteiger partial charge in [-0.25, -0.2) is 0 Å². The fourth-order valence-electron chi connectivity index (χ4n) is 12.7. The molecule has 0 aliphatic carbocycles. The Hall–Kier alpha value is 1.36. The van der Waals surface area contributed by atoms with Crippen molar-refractivity contribution in [3.63, 3.8) is 0 Å². The molecule has 0 aliphatic heterocycles. The summed E-state index contributed by atoms with van der Waals surface area (Å²) in [6.07, 6.45) is 87.9. The molecule has 0 aromatic carbocycles. The molecule has 0 spiro atoms. The summed E-state index contributed by atoms with van der Waals surface area (Å²) < 4.78 is 1.44. The van der Waals surface area contributed by atoms with E-state index in [2.05, 4.69) is 74.7 Å². The van der Waals surface area contributed by atoms with Crippen LogP contribution in [0.15, 0.2) is 0 Å². The molecular weight excluding hydrogens is 1060 g/mol. The van der Waals surface area contributed by atoms with Gasteiger partial charge in [0, 0.05) is 25.7 Å². The molecule has 0 saturated carbocycles. The van der Waals surface area contributed by atoms with Crippen LogP contribution in [-0.2, 0) is 0 Å². The van der Waals surface area contributed by atoms with Crippen LogP contribution in [0, 0.1) is 0 Å². The first-order valence-corrected chi connectivity index (χ1v) is 43.0. The average molecular weight is 1210 g/mol. The second-order valence-corrected chi connectivity index (χ2v) is 31.4. The molecule has 0 heterocycles. The topological polar surface area (TPSA) is 0 Å². The fourth-order valence-corrected chi connectivity index (χ4v) is 16.5. The third-order valence-corrected chi connectivity index (χ3v) is 22.9. The second kappa shape index (κ2) is 75.6. The molecule has 488 valence electrons. The van der Waals surface area contributed by atoms with E-state index in [4.69, 9.17) is 0 Å². The van der Waals surface area contributed by atoms with Gasteiger partial charge in [-0.05, 0) is 71.7 Å². The molecule has 81 heavy (non-hydrogen) atoms. The number of hydrogen-bond donors (Lipinski definition) is 0. The van der Waals surface area contributed by atoms with Crippen LogP contribution >= 0.6 is 47.0 Å². The fraction of sp³-hybridized carbons (Fsp3) is 1.00. The van der Waals surface area contributed by atoms with Crippen molar-refractivity contribution in [3.05, 3.63) is 0 Å². The summed E-state index contributed by atoms with van der Waals surface area (Å²) in [6, 6.07) is 0. The highest BCUT2D eigenvalue weighted by Crippen LogP contribution is 2.23. The molecule has 0 rings (SSSR count). The lowest BCUT2D eigenvalue weighted by atomic mass is 10.0. The Kier molecular flexibility index (Phi) is 76.9. The Labute approximate surface area is 533 Å². The highest BCUT2D eigenvalue weighted by molar-refractivity contribution is 7.99. The van der Waals surface area contributed by atoms with E-state index in [1.807, 2.05) is 0 Å². The summed E-state index contributed by atoms with van der Waals surface area (Å²) in [7, 11) is 0. The number of unbranched alkanes of at least 4 members (excludes halogenated alkanes) is 52. The first-order valence-electron chi connectivity index (χ1n) is 38.4. The normalized spacial score (nSPS) is 12.0. The van der Waals surface area contributed by atoms with Crippen molar-refractivity contribution in [3.8, 4) is 0 Å². The zero-order valence-electron chi connectivity index (χ0n) is 57.0. The van der Waals surface area contributed by atoms with Crippen molar-refractivity contribution in [2.45, 2.75) is 413 Å². The number of rotatable bonds is 76. The van der Waals surface area contributed by atoms with Gasteiger partial charge in [0.25, 0.3) is 0 Å². The summed E-state index contributed by atoms with van der Waals surface area (Å²) in [6.45, 7) is 15.1. The highest BCUT2D eigenvalue weighted by Gasteiger charge is 2.26. The second-order valence-electron chi connectivity index (χ2n) is 26.5. The van der Waals surface area contributed by atoms with Gasteiger partial charge in [-0.3, -0.25) is 0 Å². The summed E-state index contributed by atoms with van der Waals surface area (Å²) in [5.74, 6) is 11.2. The number of quaternary nitrogens is 1. The lowest BCUT2D eigenvalue weighted by Gasteiger charge is -2.39. The van der Waals surface area contributed by atoms with Gasteiger partial charge < -0.3 is 4.48 Å². The maximum atomic E-state index is 2.33. The van der Waals surface area contributed by atoms with Crippen molar-refractivity contribution in [1.82, 2.24) is 0 Å². The van der Waals surface area contributed by atoms with E-state index in [0.717, 1.165) is 0 Å². The van der Waals surface area contributed by atoms with Crippen molar-refractivity contribution in [1.29, 1.82) is 0 Å². The number of hydrogen-bond acceptors (Lipinski definition) is 4. The zero-order chi connectivity index (χ0) is 58.2. The van der Waals surface area contributed by atoms with E-state index in [1.54, 1.807) is 0 Å². The molecule has 0 radical (unpaired) electrons.